The van der Waals surface area contributed by atoms with Crippen molar-refractivity contribution in [1.29, 1.82) is 0 Å². The van der Waals surface area contributed by atoms with Gasteiger partial charge in [0.25, 0.3) is 0 Å². The highest BCUT2D eigenvalue weighted by atomic mass is 32.1. The van der Waals surface area contributed by atoms with Crippen molar-refractivity contribution in [2.75, 3.05) is 25.6 Å². The number of fused-ring (bicyclic) bond motifs is 2. The summed E-state index contributed by atoms with van der Waals surface area (Å²) in [6.45, 7) is 2.40. The maximum Gasteiger partial charge on any atom is 0.151 e. The zero-order valence-electron chi connectivity index (χ0n) is 17.2. The molecule has 6 nitrogen and oxygen atoms in total. The molecule has 5 aromatic rings. The van der Waals surface area contributed by atoms with Gasteiger partial charge >= 0.3 is 0 Å². The molecule has 31 heavy (non-hydrogen) atoms. The molecule has 0 amide bonds. The van der Waals surface area contributed by atoms with Gasteiger partial charge in [-0.2, -0.15) is 0 Å². The first kappa shape index (κ1) is 19.7. The minimum Gasteiger partial charge on any atom is -0.383 e. The largest absolute Gasteiger partial charge is 0.383 e. The van der Waals surface area contributed by atoms with Gasteiger partial charge < -0.3 is 20.4 Å². The van der Waals surface area contributed by atoms with Crippen molar-refractivity contribution < 1.29 is 4.74 Å². The molecule has 3 N–H and O–H groups in total. The molecule has 0 aliphatic heterocycles. The Morgan fingerprint density at radius 1 is 1.03 bits per heavy atom. The molecular weight excluding hydrogens is 406 g/mol. The number of aromatic nitrogens is 3. The lowest BCUT2D eigenvalue weighted by Gasteiger charge is -2.06. The van der Waals surface area contributed by atoms with Crippen LogP contribution in [0.15, 0.2) is 67.1 Å². The van der Waals surface area contributed by atoms with E-state index in [1.165, 1.54) is 21.4 Å². The van der Waals surface area contributed by atoms with Crippen LogP contribution in [0, 0.1) is 0 Å². The van der Waals surface area contributed by atoms with Gasteiger partial charge in [0.1, 0.15) is 6.33 Å². The Kier molecular flexibility index (Phi) is 5.62. The summed E-state index contributed by atoms with van der Waals surface area (Å²) < 4.78 is 6.12. The summed E-state index contributed by atoms with van der Waals surface area (Å²) in [5.74, 6) is 0.829. The highest BCUT2D eigenvalue weighted by Crippen LogP contribution is 2.36. The monoisotopic (exact) mass is 429 g/mol. The Balaban J connectivity index is 1.37. The third-order valence-electron chi connectivity index (χ3n) is 5.18. The summed E-state index contributed by atoms with van der Waals surface area (Å²) in [7, 11) is 1.72. The predicted octanol–water partition coefficient (Wildman–Crippen LogP) is 5.32. The number of nitrogens with one attached hydrogen (secondary N) is 3. The molecule has 2 aromatic carbocycles. The van der Waals surface area contributed by atoms with Crippen LogP contribution in [-0.2, 0) is 11.3 Å². The van der Waals surface area contributed by atoms with E-state index in [4.69, 9.17) is 4.74 Å². The van der Waals surface area contributed by atoms with Crippen LogP contribution in [0.4, 0.5) is 11.5 Å². The lowest BCUT2D eigenvalue weighted by atomic mass is 10.1. The summed E-state index contributed by atoms with van der Waals surface area (Å²) in [5, 5.41) is 8.00. The topological polar surface area (TPSA) is 74.9 Å². The third-order valence-corrected chi connectivity index (χ3v) is 6.36. The molecule has 0 atom stereocenters. The quantitative estimate of drug-likeness (QED) is 0.291. The van der Waals surface area contributed by atoms with Crippen molar-refractivity contribution in [3.8, 4) is 10.4 Å². The summed E-state index contributed by atoms with van der Waals surface area (Å²) in [6, 6.07) is 19.1. The normalized spacial score (nSPS) is 11.4. The molecule has 0 bridgehead atoms. The van der Waals surface area contributed by atoms with Crippen molar-refractivity contribution in [2.45, 2.75) is 6.54 Å². The van der Waals surface area contributed by atoms with E-state index in [0.29, 0.717) is 0 Å². The number of methoxy groups -OCH3 is 1. The van der Waals surface area contributed by atoms with Crippen LogP contribution in [0.3, 0.4) is 0 Å². The van der Waals surface area contributed by atoms with Crippen molar-refractivity contribution >= 4 is 44.0 Å². The molecule has 0 saturated carbocycles. The van der Waals surface area contributed by atoms with Crippen LogP contribution in [0.1, 0.15) is 5.56 Å². The zero-order valence-corrected chi connectivity index (χ0v) is 18.0. The molecule has 7 heteroatoms. The summed E-state index contributed by atoms with van der Waals surface area (Å²) in [5.41, 5.74) is 5.51. The third kappa shape index (κ3) is 4.29. The van der Waals surface area contributed by atoms with E-state index in [-0.39, 0.29) is 0 Å². The van der Waals surface area contributed by atoms with Crippen LogP contribution < -0.4 is 10.6 Å². The van der Waals surface area contributed by atoms with Crippen LogP contribution in [-0.4, -0.2) is 35.2 Å². The van der Waals surface area contributed by atoms with Crippen molar-refractivity contribution in [2.24, 2.45) is 0 Å². The number of hydrogen-bond donors (Lipinski definition) is 3. The fourth-order valence-electron chi connectivity index (χ4n) is 3.55. The first-order chi connectivity index (χ1) is 15.3. The SMILES string of the molecule is COCCNCc1ccc(-c2cc3ncnc(Nc4ccc5[nH]ccc5c4)c3s2)cc1. The number of nitrogens with zero attached hydrogens (tertiary/aromatic N) is 2. The molecule has 0 fully saturated rings. The molecule has 0 aliphatic carbocycles. The van der Waals surface area contributed by atoms with Gasteiger partial charge in [0.2, 0.25) is 0 Å². The highest BCUT2D eigenvalue weighted by Gasteiger charge is 2.11. The van der Waals surface area contributed by atoms with Gasteiger partial charge in [-0.25, -0.2) is 9.97 Å². The van der Waals surface area contributed by atoms with E-state index in [0.717, 1.165) is 46.9 Å². The Hall–Kier alpha value is -3.26. The van der Waals surface area contributed by atoms with Crippen molar-refractivity contribution in [1.82, 2.24) is 20.3 Å². The number of ether oxygens (including phenoxy) is 1. The van der Waals surface area contributed by atoms with Gasteiger partial charge in [-0.05, 0) is 41.5 Å². The fourth-order valence-corrected chi connectivity index (χ4v) is 4.61. The van der Waals surface area contributed by atoms with Gasteiger partial charge in [-0.1, -0.05) is 24.3 Å². The standard InChI is InChI=1S/C24H23N5OS/c1-30-11-10-25-14-16-2-4-17(5-3-16)22-13-21-23(31-22)24(28-15-27-21)29-19-6-7-20-18(12-19)8-9-26-20/h2-9,12-13,15,25-26H,10-11,14H2,1H3,(H,27,28,29). The van der Waals surface area contributed by atoms with E-state index in [1.54, 1.807) is 24.8 Å². The minimum absolute atomic E-state index is 0.719. The Labute approximate surface area is 184 Å². The first-order valence-electron chi connectivity index (χ1n) is 10.2. The summed E-state index contributed by atoms with van der Waals surface area (Å²) >= 11 is 1.71. The van der Waals surface area contributed by atoms with Crippen LogP contribution in [0.2, 0.25) is 0 Å². The van der Waals surface area contributed by atoms with Gasteiger partial charge in [-0.3, -0.25) is 0 Å². The van der Waals surface area contributed by atoms with E-state index in [9.17, 15) is 0 Å². The number of rotatable bonds is 8. The fraction of sp³-hybridized carbons (Fsp3) is 0.167. The summed E-state index contributed by atoms with van der Waals surface area (Å²) in [4.78, 5) is 13.4. The molecule has 0 unspecified atom stereocenters. The molecule has 3 heterocycles. The molecule has 0 radical (unpaired) electrons. The maximum atomic E-state index is 5.07. The van der Waals surface area contributed by atoms with Crippen LogP contribution >= 0.6 is 11.3 Å². The van der Waals surface area contributed by atoms with Crippen molar-refractivity contribution in [3.05, 3.63) is 72.7 Å². The molecule has 0 saturated heterocycles. The lowest BCUT2D eigenvalue weighted by Crippen LogP contribution is -2.18. The molecule has 0 aliphatic rings. The number of benzene rings is 2. The molecular formula is C24H23N5OS. The highest BCUT2D eigenvalue weighted by molar-refractivity contribution is 7.22. The molecule has 156 valence electrons. The minimum atomic E-state index is 0.719. The maximum absolute atomic E-state index is 5.07. The Bertz CT molecular complexity index is 1310. The van der Waals surface area contributed by atoms with Crippen LogP contribution in [0.25, 0.3) is 31.6 Å². The number of aromatic amines is 1. The zero-order chi connectivity index (χ0) is 21.0. The second kappa shape index (κ2) is 8.85. The van der Waals surface area contributed by atoms with E-state index in [1.807, 2.05) is 6.20 Å². The van der Waals surface area contributed by atoms with Gasteiger partial charge in [0, 0.05) is 47.9 Å². The predicted molar refractivity (Wildman–Crippen MR) is 128 cm³/mol. The number of anilines is 2. The Morgan fingerprint density at radius 2 is 1.94 bits per heavy atom. The van der Waals surface area contributed by atoms with Crippen LogP contribution in [0.5, 0.6) is 0 Å². The summed E-state index contributed by atoms with van der Waals surface area (Å²) in [6.07, 6.45) is 3.56. The smallest absolute Gasteiger partial charge is 0.151 e. The second-order valence-electron chi connectivity index (χ2n) is 7.32. The van der Waals surface area contributed by atoms with E-state index < -0.39 is 0 Å². The number of thiophene rings is 1. The lowest BCUT2D eigenvalue weighted by molar-refractivity contribution is 0.199. The molecule has 3 aromatic heterocycles. The molecule has 0 spiro atoms. The molecule has 5 rings (SSSR count). The van der Waals surface area contributed by atoms with Gasteiger partial charge in [-0.15, -0.1) is 11.3 Å². The first-order valence-corrected chi connectivity index (χ1v) is 11.0. The average Bonchev–Trinajstić information content (AvgIpc) is 3.44. The average molecular weight is 430 g/mol. The Morgan fingerprint density at radius 3 is 2.81 bits per heavy atom. The number of H-pyrrole nitrogens is 1. The van der Waals surface area contributed by atoms with Gasteiger partial charge in [0.15, 0.2) is 5.82 Å². The number of hydrogen-bond acceptors (Lipinski definition) is 6. The van der Waals surface area contributed by atoms with E-state index >= 15 is 0 Å². The van der Waals surface area contributed by atoms with Crippen molar-refractivity contribution in [3.63, 3.8) is 0 Å². The second-order valence-corrected chi connectivity index (χ2v) is 8.37. The van der Waals surface area contributed by atoms with E-state index in [2.05, 4.69) is 80.2 Å². The van der Waals surface area contributed by atoms with Gasteiger partial charge in [0.05, 0.1) is 16.8 Å².